The maximum atomic E-state index is 12.7. The van der Waals surface area contributed by atoms with Crippen LogP contribution in [-0.2, 0) is 4.74 Å². The minimum absolute atomic E-state index is 0.0147. The zero-order valence-corrected chi connectivity index (χ0v) is 15.9. The molecule has 0 saturated carbocycles. The van der Waals surface area contributed by atoms with Crippen molar-refractivity contribution in [3.8, 4) is 11.4 Å². The van der Waals surface area contributed by atoms with Gasteiger partial charge in [-0.05, 0) is 36.8 Å². The summed E-state index contributed by atoms with van der Waals surface area (Å²) < 4.78 is 5.16. The first-order chi connectivity index (χ1) is 13.7. The van der Waals surface area contributed by atoms with Crippen molar-refractivity contribution in [1.82, 2.24) is 20.5 Å². The van der Waals surface area contributed by atoms with E-state index in [-0.39, 0.29) is 11.9 Å². The Morgan fingerprint density at radius 2 is 2.04 bits per heavy atom. The Balaban J connectivity index is 1.70. The fourth-order valence-electron chi connectivity index (χ4n) is 3.28. The van der Waals surface area contributed by atoms with E-state index in [4.69, 9.17) is 9.72 Å². The van der Waals surface area contributed by atoms with Crippen molar-refractivity contribution in [1.29, 1.82) is 0 Å². The van der Waals surface area contributed by atoms with E-state index in [1.165, 1.54) is 0 Å². The number of methoxy groups -OCH3 is 1. The van der Waals surface area contributed by atoms with Gasteiger partial charge in [0.1, 0.15) is 5.69 Å². The van der Waals surface area contributed by atoms with Crippen LogP contribution in [0, 0.1) is 0 Å². The first kappa shape index (κ1) is 18.1. The zero-order chi connectivity index (χ0) is 19.5. The molecule has 1 amide bonds. The van der Waals surface area contributed by atoms with Crippen LogP contribution in [0.4, 0.5) is 0 Å². The Bertz CT molecular complexity index is 1140. The Hall–Kier alpha value is -3.25. The van der Waals surface area contributed by atoms with Crippen molar-refractivity contribution in [3.63, 3.8) is 0 Å². The molecule has 0 fully saturated rings. The van der Waals surface area contributed by atoms with E-state index in [1.54, 1.807) is 13.2 Å². The molecular weight excluding hydrogens is 352 g/mol. The average Bonchev–Trinajstić information content (AvgIpc) is 3.16. The number of nitrogens with one attached hydrogen (secondary N) is 2. The third kappa shape index (κ3) is 3.46. The summed E-state index contributed by atoms with van der Waals surface area (Å²) in [4.78, 5) is 17.4. The number of hydrogen-bond acceptors (Lipinski definition) is 4. The highest BCUT2D eigenvalue weighted by atomic mass is 16.5. The molecule has 2 aromatic carbocycles. The number of rotatable bonds is 6. The molecule has 28 heavy (non-hydrogen) atoms. The van der Waals surface area contributed by atoms with Gasteiger partial charge in [-0.1, -0.05) is 31.2 Å². The predicted molar refractivity (Wildman–Crippen MR) is 110 cm³/mol. The van der Waals surface area contributed by atoms with Crippen LogP contribution in [0.25, 0.3) is 33.2 Å². The van der Waals surface area contributed by atoms with Crippen molar-refractivity contribution in [2.24, 2.45) is 0 Å². The maximum Gasteiger partial charge on any atom is 0.251 e. The number of pyridine rings is 1. The minimum atomic E-state index is -0.121. The van der Waals surface area contributed by atoms with Crippen LogP contribution in [-0.4, -0.2) is 40.8 Å². The molecule has 2 heterocycles. The normalized spacial score (nSPS) is 12.4. The maximum absolute atomic E-state index is 12.7. The van der Waals surface area contributed by atoms with E-state index in [1.807, 2.05) is 55.5 Å². The number of nitrogens with zero attached hydrogens (tertiary/aromatic N) is 2. The highest BCUT2D eigenvalue weighted by Gasteiger charge is 2.15. The largest absolute Gasteiger partial charge is 0.383 e. The Morgan fingerprint density at radius 1 is 1.18 bits per heavy atom. The number of H-pyrrole nitrogens is 1. The standard InChI is InChI=1S/C22H22N4O2/c1-3-16(13-28-2)23-22(27)15-9-10-19-17(12-15)21(26-25-19)20-11-8-14-6-4-5-7-18(14)24-20/h4-12,16H,3,13H2,1-2H3,(H,23,27)(H,25,26). The molecule has 142 valence electrons. The van der Waals surface area contributed by atoms with Crippen molar-refractivity contribution >= 4 is 27.7 Å². The summed E-state index contributed by atoms with van der Waals surface area (Å²) in [6.45, 7) is 2.51. The summed E-state index contributed by atoms with van der Waals surface area (Å²) in [5, 5.41) is 12.4. The molecule has 0 aliphatic carbocycles. The molecule has 0 aliphatic rings. The summed E-state index contributed by atoms with van der Waals surface area (Å²) >= 11 is 0. The van der Waals surface area contributed by atoms with Gasteiger partial charge in [0.2, 0.25) is 0 Å². The molecule has 1 atom stereocenters. The lowest BCUT2D eigenvalue weighted by Crippen LogP contribution is -2.37. The number of carbonyl (C=O) groups excluding carboxylic acids is 1. The lowest BCUT2D eigenvalue weighted by atomic mass is 10.1. The number of aromatic nitrogens is 3. The Labute approximate surface area is 162 Å². The molecule has 1 unspecified atom stereocenters. The van der Waals surface area contributed by atoms with Gasteiger partial charge in [0.15, 0.2) is 0 Å². The number of fused-ring (bicyclic) bond motifs is 2. The van der Waals surface area contributed by atoms with Crippen LogP contribution in [0.15, 0.2) is 54.6 Å². The number of hydrogen-bond donors (Lipinski definition) is 2. The van der Waals surface area contributed by atoms with E-state index >= 15 is 0 Å². The van der Waals surface area contributed by atoms with Gasteiger partial charge in [-0.2, -0.15) is 5.10 Å². The molecule has 6 nitrogen and oxygen atoms in total. The third-order valence-electron chi connectivity index (χ3n) is 4.86. The Morgan fingerprint density at radius 3 is 2.86 bits per heavy atom. The molecule has 0 saturated heterocycles. The quantitative estimate of drug-likeness (QED) is 0.536. The van der Waals surface area contributed by atoms with Gasteiger partial charge in [0.25, 0.3) is 5.91 Å². The predicted octanol–water partition coefficient (Wildman–Crippen LogP) is 3.93. The van der Waals surface area contributed by atoms with Crippen LogP contribution < -0.4 is 5.32 Å². The lowest BCUT2D eigenvalue weighted by Gasteiger charge is -2.15. The fourth-order valence-corrected chi connectivity index (χ4v) is 3.28. The minimum Gasteiger partial charge on any atom is -0.383 e. The third-order valence-corrected chi connectivity index (χ3v) is 4.86. The summed E-state index contributed by atoms with van der Waals surface area (Å²) in [7, 11) is 1.63. The highest BCUT2D eigenvalue weighted by molar-refractivity contribution is 6.01. The first-order valence-electron chi connectivity index (χ1n) is 9.33. The van der Waals surface area contributed by atoms with E-state index in [0.29, 0.717) is 12.2 Å². The smallest absolute Gasteiger partial charge is 0.251 e. The van der Waals surface area contributed by atoms with Crippen LogP contribution >= 0.6 is 0 Å². The molecule has 0 aliphatic heterocycles. The van der Waals surface area contributed by atoms with Crippen LogP contribution in [0.2, 0.25) is 0 Å². The number of para-hydroxylation sites is 1. The molecule has 2 aromatic heterocycles. The van der Waals surface area contributed by atoms with Crippen LogP contribution in [0.5, 0.6) is 0 Å². The average molecular weight is 374 g/mol. The van der Waals surface area contributed by atoms with Crippen molar-refractivity contribution in [3.05, 3.63) is 60.2 Å². The zero-order valence-electron chi connectivity index (χ0n) is 15.9. The van der Waals surface area contributed by atoms with Crippen LogP contribution in [0.1, 0.15) is 23.7 Å². The second-order valence-corrected chi connectivity index (χ2v) is 6.76. The summed E-state index contributed by atoms with van der Waals surface area (Å²) in [5.41, 5.74) is 3.87. The number of carbonyl (C=O) groups is 1. The molecular formula is C22H22N4O2. The van der Waals surface area contributed by atoms with Gasteiger partial charge in [-0.15, -0.1) is 0 Å². The number of ether oxygens (including phenoxy) is 1. The second-order valence-electron chi connectivity index (χ2n) is 6.76. The summed E-state index contributed by atoms with van der Waals surface area (Å²) in [6, 6.07) is 17.5. The summed E-state index contributed by atoms with van der Waals surface area (Å²) in [5.74, 6) is -0.121. The number of aromatic amines is 1. The number of benzene rings is 2. The first-order valence-corrected chi connectivity index (χ1v) is 9.33. The molecule has 0 bridgehead atoms. The van der Waals surface area contributed by atoms with Crippen molar-refractivity contribution in [2.45, 2.75) is 19.4 Å². The fraction of sp³-hybridized carbons (Fsp3) is 0.227. The molecule has 2 N–H and O–H groups in total. The van der Waals surface area contributed by atoms with Gasteiger partial charge < -0.3 is 10.1 Å². The van der Waals surface area contributed by atoms with Crippen LogP contribution in [0.3, 0.4) is 0 Å². The van der Waals surface area contributed by atoms with Gasteiger partial charge in [0.05, 0.1) is 29.4 Å². The van der Waals surface area contributed by atoms with E-state index in [0.717, 1.165) is 39.6 Å². The van der Waals surface area contributed by atoms with Crippen molar-refractivity contribution < 1.29 is 9.53 Å². The van der Waals surface area contributed by atoms with E-state index in [2.05, 4.69) is 15.5 Å². The van der Waals surface area contributed by atoms with Crippen molar-refractivity contribution in [2.75, 3.05) is 13.7 Å². The van der Waals surface area contributed by atoms with E-state index in [9.17, 15) is 4.79 Å². The topological polar surface area (TPSA) is 79.9 Å². The van der Waals surface area contributed by atoms with Gasteiger partial charge >= 0.3 is 0 Å². The lowest BCUT2D eigenvalue weighted by molar-refractivity contribution is 0.0895. The molecule has 6 heteroatoms. The SMILES string of the molecule is CCC(COC)NC(=O)c1ccc2[nH]nc(-c3ccc4ccccc4n3)c2c1. The Kier molecular flexibility index (Phi) is 5.04. The number of amides is 1. The molecule has 0 spiro atoms. The molecule has 4 aromatic rings. The van der Waals surface area contributed by atoms with Gasteiger partial charge in [-0.25, -0.2) is 4.98 Å². The second kappa shape index (κ2) is 7.78. The van der Waals surface area contributed by atoms with Gasteiger partial charge in [-0.3, -0.25) is 9.89 Å². The molecule has 0 radical (unpaired) electrons. The van der Waals surface area contributed by atoms with Gasteiger partial charge in [0, 0.05) is 23.4 Å². The summed E-state index contributed by atoms with van der Waals surface area (Å²) in [6.07, 6.45) is 0.805. The monoisotopic (exact) mass is 374 g/mol. The molecule has 4 rings (SSSR count). The highest BCUT2D eigenvalue weighted by Crippen LogP contribution is 2.27. The van der Waals surface area contributed by atoms with E-state index < -0.39 is 0 Å².